The van der Waals surface area contributed by atoms with Crippen LogP contribution >= 0.6 is 0 Å². The normalized spacial score (nSPS) is 18.8. The molecule has 1 saturated heterocycles. The van der Waals surface area contributed by atoms with E-state index in [1.807, 2.05) is 0 Å². The van der Waals surface area contributed by atoms with Crippen LogP contribution in [0.5, 0.6) is 0 Å². The monoisotopic (exact) mass is 252 g/mol. The summed E-state index contributed by atoms with van der Waals surface area (Å²) in [6, 6.07) is 4.84. The first-order valence-corrected chi connectivity index (χ1v) is 6.41. The van der Waals surface area contributed by atoms with E-state index in [1.54, 1.807) is 12.1 Å². The van der Waals surface area contributed by atoms with Gasteiger partial charge >= 0.3 is 0 Å². The number of benzene rings is 1. The highest BCUT2D eigenvalue weighted by Gasteiger charge is 2.26. The second-order valence-electron chi connectivity index (χ2n) is 5.38. The third-order valence-corrected chi connectivity index (χ3v) is 3.64. The molecule has 1 aliphatic heterocycles. The molecule has 100 valence electrons. The summed E-state index contributed by atoms with van der Waals surface area (Å²) < 4.78 is 18.9. The van der Waals surface area contributed by atoms with Crippen molar-refractivity contribution < 1.29 is 9.13 Å². The maximum absolute atomic E-state index is 13.6. The molecule has 4 heteroatoms. The van der Waals surface area contributed by atoms with E-state index < -0.39 is 0 Å². The zero-order valence-corrected chi connectivity index (χ0v) is 10.8. The second-order valence-corrected chi connectivity index (χ2v) is 5.38. The van der Waals surface area contributed by atoms with E-state index in [2.05, 4.69) is 12.2 Å². The Balaban J connectivity index is 1.84. The molecule has 18 heavy (non-hydrogen) atoms. The highest BCUT2D eigenvalue weighted by molar-refractivity contribution is 5.40. The van der Waals surface area contributed by atoms with Crippen LogP contribution in [0.15, 0.2) is 18.2 Å². The number of hydrogen-bond donors (Lipinski definition) is 2. The van der Waals surface area contributed by atoms with Crippen LogP contribution < -0.4 is 11.1 Å². The molecule has 0 aliphatic carbocycles. The first-order chi connectivity index (χ1) is 8.59. The first kappa shape index (κ1) is 13.3. The van der Waals surface area contributed by atoms with Crippen LogP contribution in [0.25, 0.3) is 0 Å². The van der Waals surface area contributed by atoms with Crippen LogP contribution in [0.4, 0.5) is 10.1 Å². The zero-order chi connectivity index (χ0) is 13.0. The number of hydrogen-bond acceptors (Lipinski definition) is 3. The molecule has 0 saturated carbocycles. The number of halogens is 1. The summed E-state index contributed by atoms with van der Waals surface area (Å²) in [6.07, 6.45) is 2.12. The lowest BCUT2D eigenvalue weighted by Gasteiger charge is -2.33. The Morgan fingerprint density at radius 3 is 2.78 bits per heavy atom. The lowest BCUT2D eigenvalue weighted by Crippen LogP contribution is -2.36. The van der Waals surface area contributed by atoms with Gasteiger partial charge in [-0.1, -0.05) is 13.0 Å². The quantitative estimate of drug-likeness (QED) is 0.808. The largest absolute Gasteiger partial charge is 0.399 e. The summed E-state index contributed by atoms with van der Waals surface area (Å²) in [7, 11) is 0. The molecular weight excluding hydrogens is 231 g/mol. The van der Waals surface area contributed by atoms with Gasteiger partial charge in [0.1, 0.15) is 5.82 Å². The average Bonchev–Trinajstić information content (AvgIpc) is 2.33. The predicted molar refractivity (Wildman–Crippen MR) is 70.7 cm³/mol. The molecule has 0 atom stereocenters. The van der Waals surface area contributed by atoms with Gasteiger partial charge in [0.25, 0.3) is 0 Å². The van der Waals surface area contributed by atoms with Gasteiger partial charge in [0.2, 0.25) is 0 Å². The number of nitrogens with two attached hydrogens (primary N) is 1. The third-order valence-electron chi connectivity index (χ3n) is 3.64. The summed E-state index contributed by atoms with van der Waals surface area (Å²) in [5.41, 5.74) is 6.92. The number of nitrogen functional groups attached to an aromatic ring is 1. The number of ether oxygens (including phenoxy) is 1. The van der Waals surface area contributed by atoms with Crippen LogP contribution in [0.1, 0.15) is 25.3 Å². The molecule has 1 aromatic carbocycles. The van der Waals surface area contributed by atoms with Crippen molar-refractivity contribution in [3.63, 3.8) is 0 Å². The fourth-order valence-electron chi connectivity index (χ4n) is 2.25. The molecular formula is C14H21FN2O. The van der Waals surface area contributed by atoms with Crippen molar-refractivity contribution in [1.82, 2.24) is 5.32 Å². The van der Waals surface area contributed by atoms with Crippen LogP contribution in [0, 0.1) is 11.2 Å². The van der Waals surface area contributed by atoms with Gasteiger partial charge in [-0.3, -0.25) is 0 Å². The minimum Gasteiger partial charge on any atom is -0.399 e. The highest BCUT2D eigenvalue weighted by Crippen LogP contribution is 2.28. The zero-order valence-electron chi connectivity index (χ0n) is 10.8. The molecule has 0 spiro atoms. The van der Waals surface area contributed by atoms with E-state index in [4.69, 9.17) is 10.5 Å². The van der Waals surface area contributed by atoms with Crippen LogP contribution in [-0.4, -0.2) is 19.8 Å². The molecule has 3 N–H and O–H groups in total. The standard InChI is InChI=1S/C14H21FN2O/c1-14(4-6-18-7-5-14)10-17-9-11-2-3-12(16)8-13(11)15/h2-3,8,17H,4-7,9-10,16H2,1H3. The number of anilines is 1. The molecule has 0 amide bonds. The summed E-state index contributed by atoms with van der Waals surface area (Å²) in [4.78, 5) is 0. The van der Waals surface area contributed by atoms with E-state index in [0.29, 0.717) is 17.8 Å². The summed E-state index contributed by atoms with van der Waals surface area (Å²) in [6.45, 7) is 5.34. The SMILES string of the molecule is CC1(CNCc2ccc(N)cc2F)CCOCC1. The molecule has 1 aliphatic rings. The van der Waals surface area contributed by atoms with Gasteiger partial charge in [-0.15, -0.1) is 0 Å². The fourth-order valence-corrected chi connectivity index (χ4v) is 2.25. The van der Waals surface area contributed by atoms with Gasteiger partial charge < -0.3 is 15.8 Å². The fraction of sp³-hybridized carbons (Fsp3) is 0.571. The summed E-state index contributed by atoms with van der Waals surface area (Å²) in [5, 5.41) is 3.34. The molecule has 1 aromatic rings. The van der Waals surface area contributed by atoms with Crippen molar-refractivity contribution in [3.8, 4) is 0 Å². The van der Waals surface area contributed by atoms with E-state index in [-0.39, 0.29) is 11.2 Å². The van der Waals surface area contributed by atoms with E-state index in [9.17, 15) is 4.39 Å². The highest BCUT2D eigenvalue weighted by atomic mass is 19.1. The second kappa shape index (κ2) is 5.67. The Hall–Kier alpha value is -1.13. The van der Waals surface area contributed by atoms with E-state index in [0.717, 1.165) is 32.6 Å². The van der Waals surface area contributed by atoms with Crippen molar-refractivity contribution in [3.05, 3.63) is 29.6 Å². The summed E-state index contributed by atoms with van der Waals surface area (Å²) >= 11 is 0. The van der Waals surface area contributed by atoms with Gasteiger partial charge in [0.05, 0.1) is 0 Å². The molecule has 3 nitrogen and oxygen atoms in total. The molecule has 2 rings (SSSR count). The maximum Gasteiger partial charge on any atom is 0.129 e. The Kier molecular flexibility index (Phi) is 4.19. The smallest absolute Gasteiger partial charge is 0.129 e. The molecule has 1 fully saturated rings. The molecule has 1 heterocycles. The average molecular weight is 252 g/mol. The van der Waals surface area contributed by atoms with Gasteiger partial charge in [-0.2, -0.15) is 0 Å². The number of rotatable bonds is 4. The van der Waals surface area contributed by atoms with Gasteiger partial charge in [-0.25, -0.2) is 4.39 Å². The number of nitrogens with one attached hydrogen (secondary N) is 1. The van der Waals surface area contributed by atoms with E-state index in [1.165, 1.54) is 6.07 Å². The topological polar surface area (TPSA) is 47.3 Å². The Bertz CT molecular complexity index is 403. The minimum atomic E-state index is -0.236. The molecule has 0 unspecified atom stereocenters. The predicted octanol–water partition coefficient (Wildman–Crippen LogP) is 2.31. The van der Waals surface area contributed by atoms with Crippen molar-refractivity contribution in [2.45, 2.75) is 26.3 Å². The first-order valence-electron chi connectivity index (χ1n) is 6.41. The van der Waals surface area contributed by atoms with Crippen molar-refractivity contribution in [1.29, 1.82) is 0 Å². The molecule has 0 bridgehead atoms. The lowest BCUT2D eigenvalue weighted by molar-refractivity contribution is 0.0240. The van der Waals surface area contributed by atoms with E-state index >= 15 is 0 Å². The Morgan fingerprint density at radius 1 is 1.39 bits per heavy atom. The maximum atomic E-state index is 13.6. The minimum absolute atomic E-state index is 0.236. The third kappa shape index (κ3) is 3.43. The summed E-state index contributed by atoms with van der Waals surface area (Å²) in [5.74, 6) is -0.236. The lowest BCUT2D eigenvalue weighted by atomic mass is 9.82. The Morgan fingerprint density at radius 2 is 2.11 bits per heavy atom. The van der Waals surface area contributed by atoms with Crippen LogP contribution in [-0.2, 0) is 11.3 Å². The van der Waals surface area contributed by atoms with Crippen LogP contribution in [0.3, 0.4) is 0 Å². The van der Waals surface area contributed by atoms with Gasteiger partial charge in [0.15, 0.2) is 0 Å². The van der Waals surface area contributed by atoms with Crippen molar-refractivity contribution in [2.75, 3.05) is 25.5 Å². The molecule has 0 radical (unpaired) electrons. The van der Waals surface area contributed by atoms with Crippen molar-refractivity contribution >= 4 is 5.69 Å². The molecule has 0 aromatic heterocycles. The Labute approximate surface area is 108 Å². The van der Waals surface area contributed by atoms with Crippen LogP contribution in [0.2, 0.25) is 0 Å². The van der Waals surface area contributed by atoms with Gasteiger partial charge in [-0.05, 0) is 30.4 Å². The van der Waals surface area contributed by atoms with Gasteiger partial charge in [0, 0.05) is 37.6 Å². The van der Waals surface area contributed by atoms with Crippen molar-refractivity contribution in [2.24, 2.45) is 5.41 Å².